The molecule has 0 aliphatic heterocycles. The lowest BCUT2D eigenvalue weighted by atomic mass is 10.3. The van der Waals surface area contributed by atoms with E-state index in [2.05, 4.69) is 41.3 Å². The van der Waals surface area contributed by atoms with E-state index in [1.807, 2.05) is 17.5 Å². The predicted molar refractivity (Wildman–Crippen MR) is 68.7 cm³/mol. The van der Waals surface area contributed by atoms with Gasteiger partial charge < -0.3 is 10.3 Å². The van der Waals surface area contributed by atoms with Crippen LogP contribution >= 0.6 is 11.3 Å². The van der Waals surface area contributed by atoms with E-state index in [4.69, 9.17) is 0 Å². The van der Waals surface area contributed by atoms with Crippen LogP contribution in [-0.4, -0.2) is 16.5 Å². The minimum Gasteiger partial charge on any atom is -0.340 e. The van der Waals surface area contributed by atoms with Crippen molar-refractivity contribution in [1.82, 2.24) is 15.3 Å². The van der Waals surface area contributed by atoms with Crippen molar-refractivity contribution in [3.63, 3.8) is 0 Å². The van der Waals surface area contributed by atoms with Crippen molar-refractivity contribution >= 4 is 11.3 Å². The van der Waals surface area contributed by atoms with Gasteiger partial charge in [-0.25, -0.2) is 4.98 Å². The Labute approximate surface area is 99.9 Å². The second-order valence-electron chi connectivity index (χ2n) is 3.64. The SMILES string of the molecule is CCNCc1ncc(-c2ccc(CC)s2)[nH]1. The quantitative estimate of drug-likeness (QED) is 0.836. The van der Waals surface area contributed by atoms with E-state index in [9.17, 15) is 0 Å². The highest BCUT2D eigenvalue weighted by Crippen LogP contribution is 2.26. The lowest BCUT2D eigenvalue weighted by Gasteiger charge is -1.96. The summed E-state index contributed by atoms with van der Waals surface area (Å²) in [4.78, 5) is 10.4. The summed E-state index contributed by atoms with van der Waals surface area (Å²) in [7, 11) is 0. The van der Waals surface area contributed by atoms with E-state index in [0.717, 1.165) is 31.0 Å². The number of rotatable bonds is 5. The Morgan fingerprint density at radius 2 is 2.25 bits per heavy atom. The number of aromatic amines is 1. The molecule has 2 aromatic rings. The van der Waals surface area contributed by atoms with Crippen molar-refractivity contribution in [1.29, 1.82) is 0 Å². The molecule has 86 valence electrons. The van der Waals surface area contributed by atoms with Gasteiger partial charge in [0.05, 0.1) is 23.3 Å². The zero-order chi connectivity index (χ0) is 11.4. The molecule has 0 saturated heterocycles. The number of imidazole rings is 1. The molecule has 0 radical (unpaired) electrons. The first kappa shape index (κ1) is 11.4. The van der Waals surface area contributed by atoms with Gasteiger partial charge in [-0.1, -0.05) is 13.8 Å². The first-order valence-corrected chi connectivity index (χ1v) is 6.48. The van der Waals surface area contributed by atoms with E-state index in [1.165, 1.54) is 9.75 Å². The third-order valence-electron chi connectivity index (χ3n) is 2.45. The Kier molecular flexibility index (Phi) is 3.74. The highest BCUT2D eigenvalue weighted by atomic mass is 32.1. The molecule has 3 nitrogen and oxygen atoms in total. The predicted octanol–water partition coefficient (Wildman–Crippen LogP) is 2.81. The van der Waals surface area contributed by atoms with Crippen LogP contribution in [0.25, 0.3) is 10.6 Å². The van der Waals surface area contributed by atoms with Crippen LogP contribution in [0.2, 0.25) is 0 Å². The topological polar surface area (TPSA) is 40.7 Å². The first-order valence-electron chi connectivity index (χ1n) is 5.67. The highest BCUT2D eigenvalue weighted by molar-refractivity contribution is 7.15. The Balaban J connectivity index is 2.11. The van der Waals surface area contributed by atoms with E-state index in [1.54, 1.807) is 0 Å². The molecule has 0 fully saturated rings. The lowest BCUT2D eigenvalue weighted by molar-refractivity contribution is 0.698. The molecular weight excluding hydrogens is 218 g/mol. The van der Waals surface area contributed by atoms with Crippen LogP contribution in [0.5, 0.6) is 0 Å². The van der Waals surface area contributed by atoms with Crippen molar-refractivity contribution in [2.75, 3.05) is 6.54 Å². The number of hydrogen-bond acceptors (Lipinski definition) is 3. The Morgan fingerprint density at radius 3 is 2.94 bits per heavy atom. The molecular formula is C12H17N3S. The maximum atomic E-state index is 4.35. The smallest absolute Gasteiger partial charge is 0.120 e. The van der Waals surface area contributed by atoms with Gasteiger partial charge in [-0.2, -0.15) is 0 Å². The normalized spacial score (nSPS) is 10.9. The fraction of sp³-hybridized carbons (Fsp3) is 0.417. The average molecular weight is 235 g/mol. The number of aryl methyl sites for hydroxylation is 1. The van der Waals surface area contributed by atoms with Crippen LogP contribution < -0.4 is 5.32 Å². The maximum Gasteiger partial charge on any atom is 0.120 e. The highest BCUT2D eigenvalue weighted by Gasteiger charge is 2.05. The number of H-pyrrole nitrogens is 1. The molecule has 0 aliphatic carbocycles. The summed E-state index contributed by atoms with van der Waals surface area (Å²) in [5.41, 5.74) is 1.12. The number of nitrogens with one attached hydrogen (secondary N) is 2. The fourth-order valence-corrected chi connectivity index (χ4v) is 2.45. The molecule has 0 bridgehead atoms. The van der Waals surface area contributed by atoms with Gasteiger partial charge in [0.15, 0.2) is 0 Å². The van der Waals surface area contributed by atoms with Crippen LogP contribution in [0.3, 0.4) is 0 Å². The molecule has 0 aliphatic rings. The summed E-state index contributed by atoms with van der Waals surface area (Å²) >= 11 is 1.83. The van der Waals surface area contributed by atoms with Crippen molar-refractivity contribution < 1.29 is 0 Å². The summed E-state index contributed by atoms with van der Waals surface area (Å²) < 4.78 is 0. The third kappa shape index (κ3) is 2.51. The van der Waals surface area contributed by atoms with E-state index in [-0.39, 0.29) is 0 Å². The van der Waals surface area contributed by atoms with Crippen LogP contribution in [0.1, 0.15) is 24.5 Å². The maximum absolute atomic E-state index is 4.35. The zero-order valence-corrected chi connectivity index (χ0v) is 10.5. The van der Waals surface area contributed by atoms with E-state index in [0.29, 0.717) is 0 Å². The molecule has 0 amide bonds. The van der Waals surface area contributed by atoms with Crippen LogP contribution in [0.4, 0.5) is 0 Å². The molecule has 2 rings (SSSR count). The van der Waals surface area contributed by atoms with Crippen molar-refractivity contribution in [3.05, 3.63) is 29.0 Å². The second-order valence-corrected chi connectivity index (χ2v) is 4.81. The second kappa shape index (κ2) is 5.27. The Bertz CT molecular complexity index is 445. The summed E-state index contributed by atoms with van der Waals surface area (Å²) in [6, 6.07) is 4.35. The van der Waals surface area contributed by atoms with Crippen molar-refractivity contribution in [3.8, 4) is 10.6 Å². The summed E-state index contributed by atoms with van der Waals surface area (Å²) in [5, 5.41) is 3.26. The zero-order valence-electron chi connectivity index (χ0n) is 9.71. The molecule has 16 heavy (non-hydrogen) atoms. The van der Waals surface area contributed by atoms with Gasteiger partial charge in [0.2, 0.25) is 0 Å². The van der Waals surface area contributed by atoms with Gasteiger partial charge >= 0.3 is 0 Å². The molecule has 2 N–H and O–H groups in total. The van der Waals surface area contributed by atoms with Crippen LogP contribution in [0, 0.1) is 0 Å². The van der Waals surface area contributed by atoms with Gasteiger partial charge in [0.1, 0.15) is 5.82 Å². The first-order chi connectivity index (χ1) is 7.83. The minimum atomic E-state index is 0.808. The van der Waals surface area contributed by atoms with Crippen molar-refractivity contribution in [2.45, 2.75) is 26.8 Å². The molecule has 2 aromatic heterocycles. The van der Waals surface area contributed by atoms with Crippen LogP contribution in [0.15, 0.2) is 18.3 Å². The number of thiophene rings is 1. The fourth-order valence-electron chi connectivity index (χ4n) is 1.53. The number of nitrogens with zero attached hydrogens (tertiary/aromatic N) is 1. The largest absolute Gasteiger partial charge is 0.340 e. The molecule has 0 spiro atoms. The lowest BCUT2D eigenvalue weighted by Crippen LogP contribution is -2.12. The number of aromatic nitrogens is 2. The van der Waals surface area contributed by atoms with E-state index >= 15 is 0 Å². The van der Waals surface area contributed by atoms with Gasteiger partial charge in [0.25, 0.3) is 0 Å². The summed E-state index contributed by atoms with van der Waals surface area (Å²) in [5.74, 6) is 1.00. The van der Waals surface area contributed by atoms with E-state index < -0.39 is 0 Å². The van der Waals surface area contributed by atoms with Gasteiger partial charge in [-0.05, 0) is 25.1 Å². The van der Waals surface area contributed by atoms with Gasteiger partial charge in [0, 0.05) is 4.88 Å². The molecule has 0 unspecified atom stereocenters. The Hall–Kier alpha value is -1.13. The third-order valence-corrected chi connectivity index (χ3v) is 3.71. The molecule has 2 heterocycles. The summed E-state index contributed by atoms with van der Waals surface area (Å²) in [6.45, 7) is 6.05. The molecule has 0 saturated carbocycles. The van der Waals surface area contributed by atoms with Gasteiger partial charge in [-0.15, -0.1) is 11.3 Å². The summed E-state index contributed by atoms with van der Waals surface area (Å²) in [6.07, 6.45) is 3.01. The minimum absolute atomic E-state index is 0.808. The number of hydrogen-bond donors (Lipinski definition) is 2. The molecule has 0 aromatic carbocycles. The monoisotopic (exact) mass is 235 g/mol. The van der Waals surface area contributed by atoms with Crippen LogP contribution in [-0.2, 0) is 13.0 Å². The average Bonchev–Trinajstić information content (AvgIpc) is 2.94. The molecule has 0 atom stereocenters. The van der Waals surface area contributed by atoms with Gasteiger partial charge in [-0.3, -0.25) is 0 Å². The van der Waals surface area contributed by atoms with Crippen molar-refractivity contribution in [2.24, 2.45) is 0 Å². The molecule has 4 heteroatoms. The standard InChI is InChI=1S/C12H17N3S/c1-3-9-5-6-11(16-9)10-7-14-12(15-10)8-13-4-2/h5-7,13H,3-4,8H2,1-2H3,(H,14,15). The Morgan fingerprint density at radius 1 is 1.38 bits per heavy atom.